The lowest BCUT2D eigenvalue weighted by atomic mass is 10.2. The second-order valence-electron chi connectivity index (χ2n) is 4.63. The highest BCUT2D eigenvalue weighted by molar-refractivity contribution is 7.85. The molecule has 5 N–H and O–H groups in total. The van der Waals surface area contributed by atoms with Crippen LogP contribution in [0.2, 0.25) is 0 Å². The van der Waals surface area contributed by atoms with Crippen LogP contribution in [0.4, 0.5) is 4.79 Å². The molecule has 0 fully saturated rings. The number of hydrogen-bond acceptors (Lipinski definition) is 6. The zero-order chi connectivity index (χ0) is 17.3. The predicted octanol–water partition coefficient (Wildman–Crippen LogP) is -0.756. The summed E-state index contributed by atoms with van der Waals surface area (Å²) in [6.45, 7) is 0.245. The molecule has 9 nitrogen and oxygen atoms in total. The summed E-state index contributed by atoms with van der Waals surface area (Å²) in [5.74, 6) is -1.62. The first-order chi connectivity index (χ1) is 10.8. The number of alkyl carbamates (subject to hydrolysis) is 1. The fraction of sp³-hybridized carbons (Fsp3) is 0.385. The molecule has 1 aromatic carbocycles. The van der Waals surface area contributed by atoms with Crippen LogP contribution >= 0.6 is 0 Å². The second kappa shape index (κ2) is 9.08. The van der Waals surface area contributed by atoms with E-state index in [1.54, 1.807) is 0 Å². The van der Waals surface area contributed by atoms with E-state index in [0.29, 0.717) is 0 Å². The summed E-state index contributed by atoms with van der Waals surface area (Å²) in [6.07, 6.45) is -0.648. The molecule has 0 aliphatic rings. The van der Waals surface area contributed by atoms with Crippen LogP contribution in [-0.4, -0.2) is 49.9 Å². The molecule has 1 atom stereocenters. The highest BCUT2D eigenvalue weighted by Crippen LogP contribution is 2.00. The Morgan fingerprint density at radius 2 is 1.78 bits per heavy atom. The molecule has 10 heteroatoms. The van der Waals surface area contributed by atoms with Gasteiger partial charge in [-0.15, -0.1) is 0 Å². The Morgan fingerprint density at radius 1 is 1.17 bits per heavy atom. The van der Waals surface area contributed by atoms with Gasteiger partial charge in [-0.2, -0.15) is 8.42 Å². The van der Waals surface area contributed by atoms with Crippen molar-refractivity contribution in [3.05, 3.63) is 35.9 Å². The van der Waals surface area contributed by atoms with Gasteiger partial charge in [-0.25, -0.2) is 4.79 Å². The van der Waals surface area contributed by atoms with Crippen molar-refractivity contribution in [2.75, 3.05) is 18.8 Å². The first-order valence-electron chi connectivity index (χ1n) is 6.71. The topological polar surface area (TPSA) is 148 Å². The van der Waals surface area contributed by atoms with Gasteiger partial charge in [0.15, 0.2) is 0 Å². The maximum Gasteiger partial charge on any atom is 0.407 e. The van der Waals surface area contributed by atoms with Crippen LogP contribution in [0.25, 0.3) is 0 Å². The Bertz CT molecular complexity index is 620. The van der Waals surface area contributed by atoms with Gasteiger partial charge in [-0.3, -0.25) is 9.35 Å². The monoisotopic (exact) mass is 345 g/mol. The number of amides is 2. The van der Waals surface area contributed by atoms with E-state index in [0.717, 1.165) is 5.56 Å². The van der Waals surface area contributed by atoms with Crippen LogP contribution in [0, 0.1) is 0 Å². The van der Waals surface area contributed by atoms with Crippen LogP contribution in [0.5, 0.6) is 0 Å². The van der Waals surface area contributed by atoms with Crippen molar-refractivity contribution in [3.63, 3.8) is 0 Å². The number of hydrogen-bond donors (Lipinski definition) is 4. The van der Waals surface area contributed by atoms with Gasteiger partial charge < -0.3 is 21.1 Å². The average Bonchev–Trinajstić information content (AvgIpc) is 2.48. The highest BCUT2D eigenvalue weighted by atomic mass is 32.2. The zero-order valence-corrected chi connectivity index (χ0v) is 13.1. The third-order valence-corrected chi connectivity index (χ3v) is 3.41. The quantitative estimate of drug-likeness (QED) is 0.358. The van der Waals surface area contributed by atoms with Crippen LogP contribution in [0.15, 0.2) is 30.3 Å². The summed E-state index contributed by atoms with van der Waals surface area (Å²) in [6, 6.07) is 7.73. The summed E-state index contributed by atoms with van der Waals surface area (Å²) in [5, 5.41) is 4.74. The Balaban J connectivity index is 2.16. The van der Waals surface area contributed by atoms with Crippen molar-refractivity contribution < 1.29 is 27.3 Å². The Morgan fingerprint density at radius 3 is 2.39 bits per heavy atom. The lowest BCUT2D eigenvalue weighted by molar-refractivity contribution is -0.121. The number of ether oxygens (including phenoxy) is 1. The first kappa shape index (κ1) is 18.9. The lowest BCUT2D eigenvalue weighted by Gasteiger charge is -2.11. The summed E-state index contributed by atoms with van der Waals surface area (Å²) in [4.78, 5) is 22.8. The minimum absolute atomic E-state index is 0.0401. The first-order valence-corrected chi connectivity index (χ1v) is 8.32. The normalized spacial score (nSPS) is 12.3. The third-order valence-electron chi connectivity index (χ3n) is 2.63. The molecule has 1 aromatic rings. The van der Waals surface area contributed by atoms with Crippen LogP contribution in [-0.2, 0) is 26.3 Å². The van der Waals surface area contributed by atoms with E-state index in [-0.39, 0.29) is 19.7 Å². The van der Waals surface area contributed by atoms with Crippen molar-refractivity contribution in [2.24, 2.45) is 5.73 Å². The molecular formula is C13H19N3O6S. The molecule has 0 radical (unpaired) electrons. The maximum absolute atomic E-state index is 11.4. The highest BCUT2D eigenvalue weighted by Gasteiger charge is 2.19. The molecule has 0 unspecified atom stereocenters. The summed E-state index contributed by atoms with van der Waals surface area (Å²) < 4.78 is 34.7. The molecule has 0 saturated heterocycles. The molecule has 0 aliphatic heterocycles. The number of rotatable bonds is 8. The number of nitrogens with two attached hydrogens (primary N) is 1. The van der Waals surface area contributed by atoms with Gasteiger partial charge in [0.25, 0.3) is 10.1 Å². The molecule has 0 heterocycles. The van der Waals surface area contributed by atoms with E-state index in [1.165, 1.54) is 0 Å². The molecule has 0 bridgehead atoms. The number of carbonyl (C=O) groups excluding carboxylic acids is 2. The predicted molar refractivity (Wildman–Crippen MR) is 82.0 cm³/mol. The van der Waals surface area contributed by atoms with E-state index in [9.17, 15) is 18.0 Å². The maximum atomic E-state index is 11.4. The van der Waals surface area contributed by atoms with Crippen LogP contribution < -0.4 is 16.4 Å². The minimum atomic E-state index is -4.32. The van der Waals surface area contributed by atoms with E-state index < -0.39 is 33.9 Å². The fourth-order valence-electron chi connectivity index (χ4n) is 1.56. The van der Waals surface area contributed by atoms with Gasteiger partial charge in [0.1, 0.15) is 12.6 Å². The fourth-order valence-corrected chi connectivity index (χ4v) is 2.16. The minimum Gasteiger partial charge on any atom is -0.445 e. The summed E-state index contributed by atoms with van der Waals surface area (Å²) >= 11 is 0. The molecule has 2 amide bonds. The molecule has 1 rings (SSSR count). The Hall–Kier alpha value is -2.17. The van der Waals surface area contributed by atoms with Crippen molar-refractivity contribution in [1.29, 1.82) is 0 Å². The van der Waals surface area contributed by atoms with Crippen LogP contribution in [0.1, 0.15) is 5.56 Å². The van der Waals surface area contributed by atoms with Crippen molar-refractivity contribution >= 4 is 22.1 Å². The molecular weight excluding hydrogens is 326 g/mol. The molecule has 0 saturated carbocycles. The third kappa shape index (κ3) is 8.76. The van der Waals surface area contributed by atoms with Crippen molar-refractivity contribution in [2.45, 2.75) is 12.6 Å². The Labute approximate surface area is 133 Å². The van der Waals surface area contributed by atoms with Gasteiger partial charge in [0.2, 0.25) is 5.91 Å². The summed E-state index contributed by atoms with van der Waals surface area (Å²) in [5.41, 5.74) is 6.13. The van der Waals surface area contributed by atoms with E-state index in [1.807, 2.05) is 30.3 Å². The van der Waals surface area contributed by atoms with Gasteiger partial charge in [-0.05, 0) is 5.56 Å². The van der Waals surface area contributed by atoms with E-state index in [4.69, 9.17) is 15.0 Å². The smallest absolute Gasteiger partial charge is 0.407 e. The molecule has 0 aromatic heterocycles. The number of benzene rings is 1. The largest absolute Gasteiger partial charge is 0.445 e. The Kier molecular flexibility index (Phi) is 7.45. The molecule has 128 valence electrons. The summed E-state index contributed by atoms with van der Waals surface area (Å²) in [7, 11) is -4.32. The standard InChI is InChI=1S/C13H19N3O6S/c14-11(9-23(19,20)21)12(17)15-6-7-16-13(18)22-8-10-4-2-1-3-5-10/h1-5,11H,6-9,14H2,(H,15,17)(H,16,18)(H,19,20,21)/t11-/m0/s1. The molecule has 0 spiro atoms. The van der Waals surface area contributed by atoms with Gasteiger partial charge in [-0.1, -0.05) is 30.3 Å². The van der Waals surface area contributed by atoms with E-state index in [2.05, 4.69) is 10.6 Å². The van der Waals surface area contributed by atoms with Gasteiger partial charge >= 0.3 is 6.09 Å². The van der Waals surface area contributed by atoms with Crippen molar-refractivity contribution in [1.82, 2.24) is 10.6 Å². The van der Waals surface area contributed by atoms with Gasteiger partial charge in [0.05, 0.1) is 5.75 Å². The molecule has 0 aliphatic carbocycles. The number of carbonyl (C=O) groups is 2. The lowest BCUT2D eigenvalue weighted by Crippen LogP contribution is -2.46. The van der Waals surface area contributed by atoms with Gasteiger partial charge in [0, 0.05) is 13.1 Å². The second-order valence-corrected chi connectivity index (χ2v) is 6.13. The van der Waals surface area contributed by atoms with Crippen molar-refractivity contribution in [3.8, 4) is 0 Å². The zero-order valence-electron chi connectivity index (χ0n) is 12.3. The molecule has 23 heavy (non-hydrogen) atoms. The SMILES string of the molecule is N[C@@H](CS(=O)(=O)O)C(=O)NCCNC(=O)OCc1ccccc1. The average molecular weight is 345 g/mol. The number of nitrogens with one attached hydrogen (secondary N) is 2. The van der Waals surface area contributed by atoms with Crippen LogP contribution in [0.3, 0.4) is 0 Å². The van der Waals surface area contributed by atoms with E-state index >= 15 is 0 Å².